The Labute approximate surface area is 107 Å². The van der Waals surface area contributed by atoms with Crippen LogP contribution in [0, 0.1) is 5.92 Å². The van der Waals surface area contributed by atoms with Crippen LogP contribution in [0.3, 0.4) is 0 Å². The molecule has 2 atom stereocenters. The van der Waals surface area contributed by atoms with Crippen LogP contribution in [0.2, 0.25) is 0 Å². The average Bonchev–Trinajstić information content (AvgIpc) is 2.69. The monoisotopic (exact) mass is 251 g/mol. The van der Waals surface area contributed by atoms with Gasteiger partial charge in [-0.2, -0.15) is 0 Å². The van der Waals surface area contributed by atoms with Crippen LogP contribution in [0.25, 0.3) is 0 Å². The van der Waals surface area contributed by atoms with E-state index in [0.717, 1.165) is 38.6 Å². The van der Waals surface area contributed by atoms with Gasteiger partial charge in [0.25, 0.3) is 0 Å². The second-order valence-electron chi connectivity index (χ2n) is 6.04. The van der Waals surface area contributed by atoms with E-state index in [-0.39, 0.29) is 29.3 Å². The Morgan fingerprint density at radius 3 is 2.89 bits per heavy atom. The maximum absolute atomic E-state index is 12.4. The summed E-state index contributed by atoms with van der Waals surface area (Å²) in [4.78, 5) is 25.9. The minimum absolute atomic E-state index is 0.0119. The third-order valence-electron chi connectivity index (χ3n) is 4.77. The van der Waals surface area contributed by atoms with Gasteiger partial charge in [-0.05, 0) is 32.1 Å². The number of likely N-dealkylation sites (tertiary alicyclic amines) is 1. The predicted molar refractivity (Wildman–Crippen MR) is 66.6 cm³/mol. The molecule has 0 radical (unpaired) electrons. The van der Waals surface area contributed by atoms with Gasteiger partial charge in [-0.3, -0.25) is 9.59 Å². The molecule has 3 aliphatic rings. The molecule has 18 heavy (non-hydrogen) atoms. The number of hydrogen-bond donors (Lipinski definition) is 2. The lowest BCUT2D eigenvalue weighted by atomic mass is 9.75. The van der Waals surface area contributed by atoms with Gasteiger partial charge in [0.05, 0.1) is 12.0 Å². The Kier molecular flexibility index (Phi) is 2.81. The molecule has 3 rings (SSSR count). The molecule has 0 aromatic heterocycles. The van der Waals surface area contributed by atoms with Gasteiger partial charge >= 0.3 is 0 Å². The Balaban J connectivity index is 1.67. The summed E-state index contributed by atoms with van der Waals surface area (Å²) in [7, 11) is 0. The molecular weight excluding hydrogens is 230 g/mol. The van der Waals surface area contributed by atoms with Gasteiger partial charge in [0.2, 0.25) is 11.8 Å². The third-order valence-corrected chi connectivity index (χ3v) is 4.77. The number of nitrogens with zero attached hydrogens (tertiary/aromatic N) is 1. The first kappa shape index (κ1) is 12.0. The van der Waals surface area contributed by atoms with Crippen molar-refractivity contribution in [1.29, 1.82) is 0 Å². The lowest BCUT2D eigenvalue weighted by molar-refractivity contribution is -0.138. The van der Waals surface area contributed by atoms with Crippen LogP contribution in [0.4, 0.5) is 0 Å². The van der Waals surface area contributed by atoms with Crippen molar-refractivity contribution in [1.82, 2.24) is 10.2 Å². The average molecular weight is 251 g/mol. The van der Waals surface area contributed by atoms with E-state index in [2.05, 4.69) is 5.32 Å². The predicted octanol–water partition coefficient (Wildman–Crippen LogP) is -0.00510. The van der Waals surface area contributed by atoms with Crippen molar-refractivity contribution in [2.45, 2.75) is 50.1 Å². The first-order valence-corrected chi connectivity index (χ1v) is 6.95. The van der Waals surface area contributed by atoms with Gasteiger partial charge < -0.3 is 16.0 Å². The highest BCUT2D eigenvalue weighted by atomic mass is 16.2. The molecule has 0 aromatic rings. The first-order chi connectivity index (χ1) is 8.59. The van der Waals surface area contributed by atoms with Crippen molar-refractivity contribution in [3.05, 3.63) is 0 Å². The maximum Gasteiger partial charge on any atom is 0.225 e. The minimum Gasteiger partial charge on any atom is -0.354 e. The Morgan fingerprint density at radius 1 is 1.44 bits per heavy atom. The van der Waals surface area contributed by atoms with E-state index < -0.39 is 0 Å². The summed E-state index contributed by atoms with van der Waals surface area (Å²) in [6.07, 6.45) is 5.34. The largest absolute Gasteiger partial charge is 0.354 e. The zero-order valence-corrected chi connectivity index (χ0v) is 10.7. The summed E-state index contributed by atoms with van der Waals surface area (Å²) in [6, 6.07) is 0.0717. The summed E-state index contributed by atoms with van der Waals surface area (Å²) in [5.74, 6) is 0.268. The van der Waals surface area contributed by atoms with Crippen LogP contribution in [0.15, 0.2) is 0 Å². The van der Waals surface area contributed by atoms with Gasteiger partial charge in [-0.15, -0.1) is 0 Å². The number of carbonyl (C=O) groups excluding carboxylic acids is 2. The van der Waals surface area contributed by atoms with Crippen LogP contribution in [0.1, 0.15) is 38.5 Å². The van der Waals surface area contributed by atoms with Gasteiger partial charge in [-0.1, -0.05) is 0 Å². The molecular formula is C13H21N3O2. The molecule has 0 aromatic carbocycles. The highest BCUT2D eigenvalue weighted by Gasteiger charge is 2.44. The highest BCUT2D eigenvalue weighted by Crippen LogP contribution is 2.34. The van der Waals surface area contributed by atoms with E-state index in [1.807, 2.05) is 4.90 Å². The number of carbonyl (C=O) groups is 2. The van der Waals surface area contributed by atoms with Crippen molar-refractivity contribution >= 4 is 11.8 Å². The molecule has 1 aliphatic carbocycles. The molecule has 2 unspecified atom stereocenters. The van der Waals surface area contributed by atoms with Gasteiger partial charge in [0.1, 0.15) is 0 Å². The molecule has 2 aliphatic heterocycles. The molecule has 1 saturated carbocycles. The van der Waals surface area contributed by atoms with Crippen molar-refractivity contribution in [3.8, 4) is 0 Å². The number of hydrogen-bond acceptors (Lipinski definition) is 3. The fourth-order valence-electron chi connectivity index (χ4n) is 3.47. The van der Waals surface area contributed by atoms with E-state index in [1.54, 1.807) is 0 Å². The molecule has 5 heteroatoms. The molecule has 3 fully saturated rings. The SMILES string of the molecule is NC1(CC(=O)N2CCCC3C(=O)NCC32)CCC1. The van der Waals surface area contributed by atoms with E-state index in [4.69, 9.17) is 5.73 Å². The van der Waals surface area contributed by atoms with Crippen LogP contribution in [-0.4, -0.2) is 41.4 Å². The van der Waals surface area contributed by atoms with Gasteiger partial charge in [0, 0.05) is 25.0 Å². The molecule has 0 bridgehead atoms. The van der Waals surface area contributed by atoms with Crippen molar-refractivity contribution in [2.24, 2.45) is 11.7 Å². The number of nitrogens with two attached hydrogens (primary N) is 1. The molecule has 5 nitrogen and oxygen atoms in total. The molecule has 2 saturated heterocycles. The first-order valence-electron chi connectivity index (χ1n) is 6.95. The number of rotatable bonds is 2. The normalized spacial score (nSPS) is 33.6. The van der Waals surface area contributed by atoms with Crippen LogP contribution >= 0.6 is 0 Å². The summed E-state index contributed by atoms with van der Waals surface area (Å²) in [5.41, 5.74) is 5.88. The van der Waals surface area contributed by atoms with Gasteiger partial charge in [0.15, 0.2) is 0 Å². The Bertz CT molecular complexity index is 378. The topological polar surface area (TPSA) is 75.4 Å². The zero-order valence-electron chi connectivity index (χ0n) is 10.7. The van der Waals surface area contributed by atoms with Crippen LogP contribution < -0.4 is 11.1 Å². The third kappa shape index (κ3) is 1.90. The number of nitrogens with one attached hydrogen (secondary N) is 1. The maximum atomic E-state index is 12.4. The Morgan fingerprint density at radius 2 is 2.22 bits per heavy atom. The zero-order chi connectivity index (χ0) is 12.8. The van der Waals surface area contributed by atoms with E-state index >= 15 is 0 Å². The van der Waals surface area contributed by atoms with E-state index in [1.165, 1.54) is 0 Å². The molecule has 3 N–H and O–H groups in total. The van der Waals surface area contributed by atoms with E-state index in [0.29, 0.717) is 13.0 Å². The Hall–Kier alpha value is -1.10. The molecule has 2 amide bonds. The second-order valence-corrected chi connectivity index (χ2v) is 6.04. The summed E-state index contributed by atoms with van der Waals surface area (Å²) < 4.78 is 0. The fraction of sp³-hybridized carbons (Fsp3) is 0.846. The number of piperidine rings is 1. The van der Waals surface area contributed by atoms with Crippen molar-refractivity contribution < 1.29 is 9.59 Å². The second kappa shape index (κ2) is 4.23. The standard InChI is InChI=1S/C13H21N3O2/c14-13(4-2-5-13)7-11(17)16-6-1-3-9-10(16)8-15-12(9)18/h9-10H,1-8,14H2,(H,15,18). The lowest BCUT2D eigenvalue weighted by Gasteiger charge is -2.42. The smallest absolute Gasteiger partial charge is 0.225 e. The molecule has 0 spiro atoms. The minimum atomic E-state index is -0.264. The fourth-order valence-corrected chi connectivity index (χ4v) is 3.47. The highest BCUT2D eigenvalue weighted by molar-refractivity contribution is 5.85. The van der Waals surface area contributed by atoms with Crippen LogP contribution in [-0.2, 0) is 9.59 Å². The number of fused-ring (bicyclic) bond motifs is 1. The molecule has 100 valence electrons. The lowest BCUT2D eigenvalue weighted by Crippen LogP contribution is -2.54. The van der Waals surface area contributed by atoms with Crippen molar-refractivity contribution in [2.75, 3.05) is 13.1 Å². The van der Waals surface area contributed by atoms with Crippen LogP contribution in [0.5, 0.6) is 0 Å². The van der Waals surface area contributed by atoms with Gasteiger partial charge in [-0.25, -0.2) is 0 Å². The summed E-state index contributed by atoms with van der Waals surface area (Å²) >= 11 is 0. The summed E-state index contributed by atoms with van der Waals surface area (Å²) in [5, 5.41) is 2.87. The van der Waals surface area contributed by atoms with Crippen molar-refractivity contribution in [3.63, 3.8) is 0 Å². The number of amides is 2. The molecule has 2 heterocycles. The van der Waals surface area contributed by atoms with E-state index in [9.17, 15) is 9.59 Å². The summed E-state index contributed by atoms with van der Waals surface area (Å²) in [6.45, 7) is 1.40. The quantitative estimate of drug-likeness (QED) is 0.725.